The fraction of sp³-hybridized carbons (Fsp3) is 0.500. The van der Waals surface area contributed by atoms with E-state index < -0.39 is 0 Å². The molecule has 0 amide bonds. The largest absolute Gasteiger partial charge is 0.329 e. The highest BCUT2D eigenvalue weighted by molar-refractivity contribution is 9.10. The Kier molecular flexibility index (Phi) is 3.95. The van der Waals surface area contributed by atoms with Crippen molar-refractivity contribution in [3.8, 4) is 0 Å². The van der Waals surface area contributed by atoms with E-state index in [1.54, 1.807) is 12.1 Å². The van der Waals surface area contributed by atoms with Crippen molar-refractivity contribution in [2.75, 3.05) is 19.6 Å². The van der Waals surface area contributed by atoms with E-state index in [-0.39, 0.29) is 11.9 Å². The molecule has 0 spiro atoms. The van der Waals surface area contributed by atoms with E-state index in [0.717, 1.165) is 18.7 Å². The average Bonchev–Trinajstić information content (AvgIpc) is 2.78. The molecule has 2 rings (SSSR count). The van der Waals surface area contributed by atoms with E-state index in [1.807, 2.05) is 6.07 Å². The predicted molar refractivity (Wildman–Crippen MR) is 66.7 cm³/mol. The monoisotopic (exact) mass is 286 g/mol. The highest BCUT2D eigenvalue weighted by Crippen LogP contribution is 2.26. The number of likely N-dealkylation sites (tertiary alicyclic amines) is 1. The Labute approximate surface area is 104 Å². The number of hydrogen-bond donors (Lipinski definition) is 1. The van der Waals surface area contributed by atoms with Crippen LogP contribution in [0.1, 0.15) is 24.4 Å². The lowest BCUT2D eigenvalue weighted by Crippen LogP contribution is -2.31. The highest BCUT2D eigenvalue weighted by atomic mass is 79.9. The van der Waals surface area contributed by atoms with Gasteiger partial charge in [0.25, 0.3) is 0 Å². The lowest BCUT2D eigenvalue weighted by Gasteiger charge is -2.26. The molecule has 4 heteroatoms. The van der Waals surface area contributed by atoms with Crippen LogP contribution < -0.4 is 5.73 Å². The maximum atomic E-state index is 13.5. The fourth-order valence-electron chi connectivity index (χ4n) is 2.27. The Morgan fingerprint density at radius 1 is 1.38 bits per heavy atom. The van der Waals surface area contributed by atoms with Gasteiger partial charge in [0.15, 0.2) is 0 Å². The van der Waals surface area contributed by atoms with Crippen LogP contribution >= 0.6 is 15.9 Å². The normalized spacial score (nSPS) is 18.9. The molecule has 1 unspecified atom stereocenters. The van der Waals surface area contributed by atoms with Crippen LogP contribution in [0.15, 0.2) is 22.7 Å². The van der Waals surface area contributed by atoms with Crippen LogP contribution in [0.4, 0.5) is 4.39 Å². The van der Waals surface area contributed by atoms with Crippen molar-refractivity contribution >= 4 is 15.9 Å². The van der Waals surface area contributed by atoms with Gasteiger partial charge >= 0.3 is 0 Å². The topological polar surface area (TPSA) is 29.3 Å². The van der Waals surface area contributed by atoms with E-state index in [1.165, 1.54) is 12.8 Å². The van der Waals surface area contributed by atoms with E-state index in [9.17, 15) is 4.39 Å². The third-order valence-electron chi connectivity index (χ3n) is 3.13. The molecule has 1 aliphatic heterocycles. The summed E-state index contributed by atoms with van der Waals surface area (Å²) in [6.45, 7) is 2.68. The Morgan fingerprint density at radius 3 is 2.62 bits per heavy atom. The summed E-state index contributed by atoms with van der Waals surface area (Å²) in [5, 5.41) is 0. The minimum absolute atomic E-state index is 0.157. The molecule has 16 heavy (non-hydrogen) atoms. The molecule has 0 radical (unpaired) electrons. The van der Waals surface area contributed by atoms with Gasteiger partial charge in [-0.1, -0.05) is 6.07 Å². The van der Waals surface area contributed by atoms with Crippen molar-refractivity contribution in [1.82, 2.24) is 4.90 Å². The minimum Gasteiger partial charge on any atom is -0.329 e. The van der Waals surface area contributed by atoms with Crippen molar-refractivity contribution < 1.29 is 4.39 Å². The van der Waals surface area contributed by atoms with Gasteiger partial charge in [-0.3, -0.25) is 4.90 Å². The summed E-state index contributed by atoms with van der Waals surface area (Å²) in [6, 6.07) is 5.44. The lowest BCUT2D eigenvalue weighted by molar-refractivity contribution is 0.251. The zero-order valence-corrected chi connectivity index (χ0v) is 10.7. The van der Waals surface area contributed by atoms with E-state index in [4.69, 9.17) is 5.73 Å². The SMILES string of the molecule is NCC(c1ccc(Br)c(F)c1)N1CCCC1. The van der Waals surface area contributed by atoms with Crippen molar-refractivity contribution in [1.29, 1.82) is 0 Å². The van der Waals surface area contributed by atoms with Crippen molar-refractivity contribution in [2.24, 2.45) is 5.73 Å². The number of rotatable bonds is 3. The summed E-state index contributed by atoms with van der Waals surface area (Å²) in [6.07, 6.45) is 2.44. The van der Waals surface area contributed by atoms with Gasteiger partial charge in [0.05, 0.1) is 4.47 Å². The second kappa shape index (κ2) is 5.25. The van der Waals surface area contributed by atoms with Gasteiger partial charge in [0.1, 0.15) is 5.82 Å². The molecule has 2 N–H and O–H groups in total. The number of nitrogens with two attached hydrogens (primary N) is 1. The zero-order chi connectivity index (χ0) is 11.5. The van der Waals surface area contributed by atoms with Gasteiger partial charge in [-0.25, -0.2) is 4.39 Å². The Morgan fingerprint density at radius 2 is 2.06 bits per heavy atom. The average molecular weight is 287 g/mol. The molecule has 2 nitrogen and oxygen atoms in total. The van der Waals surface area contributed by atoms with Crippen molar-refractivity contribution in [3.63, 3.8) is 0 Å². The molecule has 1 atom stereocenters. The summed E-state index contributed by atoms with van der Waals surface area (Å²) in [4.78, 5) is 2.34. The quantitative estimate of drug-likeness (QED) is 0.926. The van der Waals surface area contributed by atoms with Crippen LogP contribution in [-0.4, -0.2) is 24.5 Å². The number of halogens is 2. The van der Waals surface area contributed by atoms with Gasteiger partial charge in [-0.2, -0.15) is 0 Å². The van der Waals surface area contributed by atoms with Gasteiger partial charge in [-0.15, -0.1) is 0 Å². The first-order valence-corrected chi connectivity index (χ1v) is 6.40. The first-order chi connectivity index (χ1) is 7.72. The van der Waals surface area contributed by atoms with E-state index in [0.29, 0.717) is 11.0 Å². The molecule has 0 aliphatic carbocycles. The predicted octanol–water partition coefficient (Wildman–Crippen LogP) is 2.68. The number of nitrogens with zero attached hydrogens (tertiary/aromatic N) is 1. The summed E-state index contributed by atoms with van der Waals surface area (Å²) in [5.74, 6) is -0.213. The Balaban J connectivity index is 2.22. The lowest BCUT2D eigenvalue weighted by atomic mass is 10.1. The maximum Gasteiger partial charge on any atom is 0.137 e. The second-order valence-electron chi connectivity index (χ2n) is 4.17. The Hall–Kier alpha value is -0.450. The van der Waals surface area contributed by atoms with Gasteiger partial charge in [-0.05, 0) is 59.6 Å². The number of benzene rings is 1. The molecule has 1 fully saturated rings. The van der Waals surface area contributed by atoms with Crippen LogP contribution in [0.2, 0.25) is 0 Å². The minimum atomic E-state index is -0.213. The third kappa shape index (κ3) is 2.44. The zero-order valence-electron chi connectivity index (χ0n) is 9.13. The maximum absolute atomic E-state index is 13.5. The van der Waals surface area contributed by atoms with Crippen LogP contribution in [0.5, 0.6) is 0 Å². The molecule has 1 aromatic rings. The smallest absolute Gasteiger partial charge is 0.137 e. The van der Waals surface area contributed by atoms with Gasteiger partial charge < -0.3 is 5.73 Å². The van der Waals surface area contributed by atoms with Crippen molar-refractivity contribution in [2.45, 2.75) is 18.9 Å². The molecule has 88 valence electrons. The third-order valence-corrected chi connectivity index (χ3v) is 3.78. The molecule has 1 heterocycles. The molecular weight excluding hydrogens is 271 g/mol. The Bertz CT molecular complexity index is 364. The molecule has 0 saturated carbocycles. The van der Waals surface area contributed by atoms with Gasteiger partial charge in [0.2, 0.25) is 0 Å². The van der Waals surface area contributed by atoms with Crippen LogP contribution in [0, 0.1) is 5.82 Å². The van der Waals surface area contributed by atoms with Gasteiger partial charge in [0, 0.05) is 12.6 Å². The van der Waals surface area contributed by atoms with Crippen LogP contribution in [-0.2, 0) is 0 Å². The van der Waals surface area contributed by atoms with Crippen molar-refractivity contribution in [3.05, 3.63) is 34.1 Å². The van der Waals surface area contributed by atoms with Crippen LogP contribution in [0.25, 0.3) is 0 Å². The summed E-state index contributed by atoms with van der Waals surface area (Å²) < 4.78 is 14.0. The first-order valence-electron chi connectivity index (χ1n) is 5.61. The molecular formula is C12H16BrFN2. The van der Waals surface area contributed by atoms with E-state index >= 15 is 0 Å². The van der Waals surface area contributed by atoms with E-state index in [2.05, 4.69) is 20.8 Å². The summed E-state index contributed by atoms with van der Waals surface area (Å²) in [5.41, 5.74) is 6.77. The molecule has 1 saturated heterocycles. The summed E-state index contributed by atoms with van der Waals surface area (Å²) in [7, 11) is 0. The first kappa shape index (κ1) is 12.0. The molecule has 0 bridgehead atoms. The highest BCUT2D eigenvalue weighted by Gasteiger charge is 2.22. The second-order valence-corrected chi connectivity index (χ2v) is 5.02. The standard InChI is InChI=1S/C12H16BrFN2/c13-10-4-3-9(7-11(10)14)12(8-15)16-5-1-2-6-16/h3-4,7,12H,1-2,5-6,8,15H2. The fourth-order valence-corrected chi connectivity index (χ4v) is 2.52. The number of hydrogen-bond acceptors (Lipinski definition) is 2. The summed E-state index contributed by atoms with van der Waals surface area (Å²) >= 11 is 3.16. The van der Waals surface area contributed by atoms with Crippen LogP contribution in [0.3, 0.4) is 0 Å². The molecule has 0 aromatic heterocycles. The molecule has 1 aliphatic rings. The molecule has 1 aromatic carbocycles.